The van der Waals surface area contributed by atoms with E-state index in [0.29, 0.717) is 29.9 Å². The summed E-state index contributed by atoms with van der Waals surface area (Å²) in [7, 11) is 0. The summed E-state index contributed by atoms with van der Waals surface area (Å²) in [5.41, 5.74) is 1.14. The van der Waals surface area contributed by atoms with Crippen LogP contribution in [-0.4, -0.2) is 47.2 Å². The Morgan fingerprint density at radius 1 is 1.00 bits per heavy atom. The second kappa shape index (κ2) is 7.14. The topological polar surface area (TPSA) is 57.7 Å². The van der Waals surface area contributed by atoms with E-state index in [1.165, 1.54) is 4.90 Å². The van der Waals surface area contributed by atoms with Crippen molar-refractivity contribution in [2.24, 2.45) is 5.92 Å². The zero-order valence-electron chi connectivity index (χ0n) is 15.6. The van der Waals surface area contributed by atoms with E-state index in [2.05, 4.69) is 6.92 Å². The summed E-state index contributed by atoms with van der Waals surface area (Å²) >= 11 is 0. The molecule has 0 N–H and O–H groups in total. The highest BCUT2D eigenvalue weighted by Crippen LogP contribution is 2.30. The normalized spacial score (nSPS) is 17.7. The summed E-state index contributed by atoms with van der Waals surface area (Å²) in [5.74, 6) is 0.286. The molecular weight excluding hydrogens is 340 g/mol. The second-order valence-corrected chi connectivity index (χ2v) is 7.64. The van der Waals surface area contributed by atoms with E-state index >= 15 is 0 Å². The highest BCUT2D eigenvalue weighted by Gasteiger charge is 2.32. The van der Waals surface area contributed by atoms with Crippen LogP contribution < -0.4 is 0 Å². The minimum absolute atomic E-state index is 0.126. The Morgan fingerprint density at radius 2 is 1.59 bits per heavy atom. The molecule has 2 aromatic rings. The lowest BCUT2D eigenvalue weighted by Crippen LogP contribution is -2.42. The Morgan fingerprint density at radius 3 is 2.19 bits per heavy atom. The van der Waals surface area contributed by atoms with Crippen molar-refractivity contribution >= 4 is 28.5 Å². The van der Waals surface area contributed by atoms with Gasteiger partial charge in [-0.2, -0.15) is 0 Å². The van der Waals surface area contributed by atoms with E-state index in [0.717, 1.165) is 36.7 Å². The average Bonchev–Trinajstić information content (AvgIpc) is 2.69. The summed E-state index contributed by atoms with van der Waals surface area (Å²) in [6.45, 7) is 4.13. The van der Waals surface area contributed by atoms with Gasteiger partial charge in [0.15, 0.2) is 0 Å². The van der Waals surface area contributed by atoms with Crippen LogP contribution in [0.4, 0.5) is 0 Å². The molecule has 140 valence electrons. The number of benzene rings is 2. The summed E-state index contributed by atoms with van der Waals surface area (Å²) < 4.78 is 0. The lowest BCUT2D eigenvalue weighted by molar-refractivity contribution is -0.132. The Hall–Kier alpha value is -2.69. The smallest absolute Gasteiger partial charge is 0.261 e. The minimum Gasteiger partial charge on any atom is -0.343 e. The van der Waals surface area contributed by atoms with Gasteiger partial charge in [-0.1, -0.05) is 31.2 Å². The van der Waals surface area contributed by atoms with Crippen LogP contribution in [0.1, 0.15) is 53.3 Å². The molecule has 1 saturated heterocycles. The molecule has 0 saturated carbocycles. The lowest BCUT2D eigenvalue weighted by Gasteiger charge is -2.31. The number of piperidine rings is 1. The molecule has 0 aliphatic carbocycles. The quantitative estimate of drug-likeness (QED) is 0.781. The van der Waals surface area contributed by atoms with E-state index in [9.17, 15) is 14.4 Å². The summed E-state index contributed by atoms with van der Waals surface area (Å²) in [6, 6.07) is 11.1. The highest BCUT2D eigenvalue weighted by molar-refractivity contribution is 6.25. The highest BCUT2D eigenvalue weighted by atomic mass is 16.2. The molecule has 2 aromatic carbocycles. The van der Waals surface area contributed by atoms with Crippen molar-refractivity contribution in [3.8, 4) is 0 Å². The number of carbonyl (C=O) groups is 3. The summed E-state index contributed by atoms with van der Waals surface area (Å²) in [5, 5.41) is 1.64. The third kappa shape index (κ3) is 3.22. The number of carbonyl (C=O) groups excluding carboxylic acids is 3. The van der Waals surface area contributed by atoms with Gasteiger partial charge in [-0.25, -0.2) is 0 Å². The molecule has 0 aromatic heterocycles. The first-order valence-corrected chi connectivity index (χ1v) is 9.72. The molecule has 0 unspecified atom stereocenters. The van der Waals surface area contributed by atoms with Gasteiger partial charge in [-0.3, -0.25) is 19.3 Å². The first-order valence-electron chi connectivity index (χ1n) is 9.72. The molecule has 0 radical (unpaired) electrons. The zero-order chi connectivity index (χ0) is 19.0. The molecule has 5 nitrogen and oxygen atoms in total. The van der Waals surface area contributed by atoms with Crippen molar-refractivity contribution in [1.82, 2.24) is 9.80 Å². The molecule has 2 aliphatic rings. The van der Waals surface area contributed by atoms with Crippen LogP contribution in [0.2, 0.25) is 0 Å². The van der Waals surface area contributed by atoms with Gasteiger partial charge in [0.2, 0.25) is 5.91 Å². The SMILES string of the molecule is CC1CCN(C(=O)CCCN2C(=O)c3cccc4cccc(c34)C2=O)CC1. The van der Waals surface area contributed by atoms with E-state index in [1.807, 2.05) is 29.2 Å². The standard InChI is InChI=1S/C22H24N2O3/c1-15-10-13-23(14-11-15)19(25)9-4-12-24-21(26)17-7-2-5-16-6-3-8-18(20(16)17)22(24)27/h2-3,5-8,15H,4,9-14H2,1H3. The number of hydrogen-bond acceptors (Lipinski definition) is 3. The number of imide groups is 1. The Bertz CT molecular complexity index is 862. The summed E-state index contributed by atoms with van der Waals surface area (Å²) in [6.07, 6.45) is 2.98. The molecular formula is C22H24N2O3. The molecule has 4 rings (SSSR count). The molecule has 27 heavy (non-hydrogen) atoms. The Labute approximate surface area is 158 Å². The molecule has 5 heteroatoms. The van der Waals surface area contributed by atoms with Crippen LogP contribution in [0.5, 0.6) is 0 Å². The predicted molar refractivity (Wildman–Crippen MR) is 104 cm³/mol. The van der Waals surface area contributed by atoms with Gasteiger partial charge in [0, 0.05) is 42.6 Å². The van der Waals surface area contributed by atoms with Crippen molar-refractivity contribution in [2.45, 2.75) is 32.6 Å². The number of likely N-dealkylation sites (tertiary alicyclic amines) is 1. The van der Waals surface area contributed by atoms with Crippen LogP contribution in [-0.2, 0) is 4.79 Å². The number of nitrogens with zero attached hydrogens (tertiary/aromatic N) is 2. The number of rotatable bonds is 4. The van der Waals surface area contributed by atoms with E-state index in [-0.39, 0.29) is 24.3 Å². The van der Waals surface area contributed by atoms with Gasteiger partial charge in [0.1, 0.15) is 0 Å². The molecule has 0 atom stereocenters. The van der Waals surface area contributed by atoms with Crippen LogP contribution >= 0.6 is 0 Å². The maximum atomic E-state index is 12.8. The predicted octanol–water partition coefficient (Wildman–Crippen LogP) is 3.47. The first kappa shape index (κ1) is 17.7. The van der Waals surface area contributed by atoms with Gasteiger partial charge < -0.3 is 4.90 Å². The maximum Gasteiger partial charge on any atom is 0.261 e. The van der Waals surface area contributed by atoms with Crippen molar-refractivity contribution in [3.05, 3.63) is 47.5 Å². The number of hydrogen-bond donors (Lipinski definition) is 0. The van der Waals surface area contributed by atoms with Crippen LogP contribution in [0.15, 0.2) is 36.4 Å². The number of amides is 3. The van der Waals surface area contributed by atoms with E-state index < -0.39 is 0 Å². The zero-order valence-corrected chi connectivity index (χ0v) is 15.6. The monoisotopic (exact) mass is 364 g/mol. The van der Waals surface area contributed by atoms with E-state index in [4.69, 9.17) is 0 Å². The fraction of sp³-hybridized carbons (Fsp3) is 0.409. The van der Waals surface area contributed by atoms with Crippen LogP contribution in [0, 0.1) is 5.92 Å². The van der Waals surface area contributed by atoms with Gasteiger partial charge in [0.25, 0.3) is 11.8 Å². The molecule has 2 heterocycles. The maximum absolute atomic E-state index is 12.8. The van der Waals surface area contributed by atoms with Gasteiger partial charge in [0.05, 0.1) is 0 Å². The fourth-order valence-electron chi connectivity index (χ4n) is 4.09. The van der Waals surface area contributed by atoms with Crippen molar-refractivity contribution in [1.29, 1.82) is 0 Å². The minimum atomic E-state index is -0.261. The van der Waals surface area contributed by atoms with Gasteiger partial charge in [-0.15, -0.1) is 0 Å². The molecule has 0 spiro atoms. The molecule has 1 fully saturated rings. The van der Waals surface area contributed by atoms with Crippen molar-refractivity contribution in [2.75, 3.05) is 19.6 Å². The van der Waals surface area contributed by atoms with Crippen molar-refractivity contribution in [3.63, 3.8) is 0 Å². The average molecular weight is 364 g/mol. The Kier molecular flexibility index (Phi) is 4.68. The third-order valence-electron chi connectivity index (χ3n) is 5.76. The fourth-order valence-corrected chi connectivity index (χ4v) is 4.09. The Balaban J connectivity index is 1.44. The first-order chi connectivity index (χ1) is 13.1. The lowest BCUT2D eigenvalue weighted by atomic mass is 9.94. The van der Waals surface area contributed by atoms with Crippen LogP contribution in [0.25, 0.3) is 10.8 Å². The van der Waals surface area contributed by atoms with Gasteiger partial charge >= 0.3 is 0 Å². The second-order valence-electron chi connectivity index (χ2n) is 7.64. The van der Waals surface area contributed by atoms with Gasteiger partial charge in [-0.05, 0) is 42.7 Å². The third-order valence-corrected chi connectivity index (χ3v) is 5.76. The molecule has 0 bridgehead atoms. The molecule has 2 aliphatic heterocycles. The molecule has 3 amide bonds. The largest absolute Gasteiger partial charge is 0.343 e. The van der Waals surface area contributed by atoms with Crippen molar-refractivity contribution < 1.29 is 14.4 Å². The summed E-state index contributed by atoms with van der Waals surface area (Å²) in [4.78, 5) is 41.3. The van der Waals surface area contributed by atoms with E-state index in [1.54, 1.807) is 12.1 Å². The van der Waals surface area contributed by atoms with Crippen LogP contribution in [0.3, 0.4) is 0 Å².